The van der Waals surface area contributed by atoms with E-state index in [-0.39, 0.29) is 22.4 Å². The molecule has 0 fully saturated rings. The lowest BCUT2D eigenvalue weighted by Crippen LogP contribution is -2.31. The topological polar surface area (TPSA) is 63.2 Å². The smallest absolute Gasteiger partial charge is 0.262 e. The highest BCUT2D eigenvalue weighted by molar-refractivity contribution is 9.10. The van der Waals surface area contributed by atoms with Crippen LogP contribution in [0.15, 0.2) is 27.6 Å². The van der Waals surface area contributed by atoms with Gasteiger partial charge in [0.15, 0.2) is 0 Å². The number of hydrogen-bond donors (Lipinski definition) is 1. The molecule has 0 saturated heterocycles. The summed E-state index contributed by atoms with van der Waals surface area (Å²) in [4.78, 5) is 11.7. The average Bonchev–Trinajstić information content (AvgIpc) is 2.27. The van der Waals surface area contributed by atoms with E-state index >= 15 is 0 Å². The van der Waals surface area contributed by atoms with Crippen molar-refractivity contribution < 1.29 is 13.2 Å². The lowest BCUT2D eigenvalue weighted by molar-refractivity contribution is 0.0939. The molecule has 0 heterocycles. The molecule has 0 aromatic heterocycles. The number of hydrogen-bond acceptors (Lipinski definition) is 3. The fourth-order valence-electron chi connectivity index (χ4n) is 1.24. The van der Waals surface area contributed by atoms with Crippen LogP contribution < -0.4 is 5.32 Å². The molecule has 18 heavy (non-hydrogen) atoms. The van der Waals surface area contributed by atoms with E-state index < -0.39 is 9.05 Å². The quantitative estimate of drug-likeness (QED) is 0.846. The summed E-state index contributed by atoms with van der Waals surface area (Å²) in [6.07, 6.45) is 0.795. The number of benzene rings is 1. The number of amides is 1. The van der Waals surface area contributed by atoms with Gasteiger partial charge in [0.1, 0.15) is 0 Å². The van der Waals surface area contributed by atoms with Crippen LogP contribution in [0.1, 0.15) is 30.6 Å². The summed E-state index contributed by atoms with van der Waals surface area (Å²) in [6.45, 7) is 3.82. The van der Waals surface area contributed by atoms with Crippen molar-refractivity contribution in [3.05, 3.63) is 28.2 Å². The SMILES string of the molecule is CCC(C)NC(=O)c1ccc(Br)c(S(=O)(=O)Cl)c1. The Morgan fingerprint density at radius 1 is 1.50 bits per heavy atom. The molecule has 0 aliphatic heterocycles. The molecule has 0 spiro atoms. The zero-order chi connectivity index (χ0) is 13.9. The lowest BCUT2D eigenvalue weighted by atomic mass is 10.2. The second kappa shape index (κ2) is 6.04. The first-order chi connectivity index (χ1) is 8.25. The normalized spacial score (nSPS) is 13.1. The molecule has 0 bridgehead atoms. The van der Waals surface area contributed by atoms with Crippen LogP contribution in [0.3, 0.4) is 0 Å². The molecule has 1 N–H and O–H groups in total. The van der Waals surface area contributed by atoms with Gasteiger partial charge in [0.25, 0.3) is 15.0 Å². The number of rotatable bonds is 4. The third kappa shape index (κ3) is 3.96. The van der Waals surface area contributed by atoms with Gasteiger partial charge in [-0.2, -0.15) is 0 Å². The first-order valence-corrected chi connectivity index (χ1v) is 8.41. The molecular weight excluding hydrogens is 342 g/mol. The van der Waals surface area contributed by atoms with Gasteiger partial charge in [-0.1, -0.05) is 6.92 Å². The van der Waals surface area contributed by atoms with Crippen LogP contribution in [0.4, 0.5) is 0 Å². The predicted molar refractivity (Wildman–Crippen MR) is 74.4 cm³/mol. The van der Waals surface area contributed by atoms with Crippen molar-refractivity contribution >= 4 is 41.6 Å². The number of carbonyl (C=O) groups is 1. The molecule has 0 saturated carbocycles. The maximum Gasteiger partial charge on any atom is 0.262 e. The number of nitrogens with one attached hydrogen (secondary N) is 1. The second-order valence-corrected chi connectivity index (χ2v) is 7.25. The molecule has 7 heteroatoms. The Hall–Kier alpha value is -0.590. The summed E-state index contributed by atoms with van der Waals surface area (Å²) in [7, 11) is 1.41. The first-order valence-electron chi connectivity index (χ1n) is 5.30. The Labute approximate surface area is 119 Å². The van der Waals surface area contributed by atoms with Gasteiger partial charge >= 0.3 is 0 Å². The van der Waals surface area contributed by atoms with Gasteiger partial charge in [-0.05, 0) is 47.5 Å². The minimum absolute atomic E-state index is 0.0252. The molecule has 1 atom stereocenters. The molecular formula is C11H13BrClNO3S. The van der Waals surface area contributed by atoms with E-state index in [2.05, 4.69) is 21.2 Å². The van der Waals surface area contributed by atoms with Gasteiger partial charge in [0, 0.05) is 26.8 Å². The van der Waals surface area contributed by atoms with Crippen molar-refractivity contribution in [2.75, 3.05) is 0 Å². The third-order valence-electron chi connectivity index (χ3n) is 2.45. The van der Waals surface area contributed by atoms with Crippen molar-refractivity contribution in [3.63, 3.8) is 0 Å². The molecule has 1 amide bonds. The fraction of sp³-hybridized carbons (Fsp3) is 0.364. The maximum absolute atomic E-state index is 11.8. The summed E-state index contributed by atoms with van der Waals surface area (Å²) >= 11 is 3.08. The summed E-state index contributed by atoms with van der Waals surface area (Å²) < 4.78 is 23.0. The standard InChI is InChI=1S/C11H13BrClNO3S/c1-3-7(2)14-11(15)8-4-5-9(12)10(6-8)18(13,16)17/h4-7H,3H2,1-2H3,(H,14,15). The Morgan fingerprint density at radius 3 is 2.61 bits per heavy atom. The second-order valence-electron chi connectivity index (χ2n) is 3.87. The molecule has 100 valence electrons. The Morgan fingerprint density at radius 2 is 2.11 bits per heavy atom. The van der Waals surface area contributed by atoms with Gasteiger partial charge < -0.3 is 5.32 Å². The van der Waals surface area contributed by atoms with Crippen LogP contribution in [0.5, 0.6) is 0 Å². The molecule has 1 aromatic rings. The van der Waals surface area contributed by atoms with Crippen LogP contribution in [-0.2, 0) is 9.05 Å². The van der Waals surface area contributed by atoms with E-state index in [0.29, 0.717) is 4.47 Å². The van der Waals surface area contributed by atoms with Crippen LogP contribution >= 0.6 is 26.6 Å². The summed E-state index contributed by atoms with van der Waals surface area (Å²) in [6, 6.07) is 4.30. The number of carbonyl (C=O) groups excluding carboxylic acids is 1. The van der Waals surface area contributed by atoms with Gasteiger partial charge in [-0.3, -0.25) is 4.79 Å². The molecule has 4 nitrogen and oxygen atoms in total. The van der Waals surface area contributed by atoms with Crippen LogP contribution in [0, 0.1) is 0 Å². The van der Waals surface area contributed by atoms with Crippen LogP contribution in [-0.4, -0.2) is 20.4 Å². The number of halogens is 2. The fourth-order valence-corrected chi connectivity index (χ4v) is 3.36. The third-order valence-corrected chi connectivity index (χ3v) is 4.76. The summed E-state index contributed by atoms with van der Waals surface area (Å²) in [5.41, 5.74) is 0.262. The summed E-state index contributed by atoms with van der Waals surface area (Å²) in [5.74, 6) is -0.321. The van der Waals surface area contributed by atoms with Gasteiger partial charge in [-0.25, -0.2) is 8.42 Å². The van der Waals surface area contributed by atoms with E-state index in [4.69, 9.17) is 10.7 Å². The molecule has 1 unspecified atom stereocenters. The largest absolute Gasteiger partial charge is 0.350 e. The highest BCUT2D eigenvalue weighted by Crippen LogP contribution is 2.26. The van der Waals surface area contributed by atoms with Crippen molar-refractivity contribution in [1.29, 1.82) is 0 Å². The molecule has 0 radical (unpaired) electrons. The molecule has 0 aliphatic rings. The highest BCUT2D eigenvalue weighted by Gasteiger charge is 2.17. The van der Waals surface area contributed by atoms with Crippen molar-refractivity contribution in [2.24, 2.45) is 0 Å². The van der Waals surface area contributed by atoms with Crippen LogP contribution in [0.25, 0.3) is 0 Å². The van der Waals surface area contributed by atoms with E-state index in [1.807, 2.05) is 13.8 Å². The lowest BCUT2D eigenvalue weighted by Gasteiger charge is -2.12. The van der Waals surface area contributed by atoms with Gasteiger partial charge in [0.2, 0.25) is 0 Å². The summed E-state index contributed by atoms with van der Waals surface area (Å²) in [5, 5.41) is 2.75. The maximum atomic E-state index is 11.8. The first kappa shape index (κ1) is 15.5. The molecule has 0 aliphatic carbocycles. The predicted octanol–water partition coefficient (Wildman–Crippen LogP) is 2.90. The van der Waals surface area contributed by atoms with Crippen molar-refractivity contribution in [2.45, 2.75) is 31.2 Å². The minimum Gasteiger partial charge on any atom is -0.350 e. The minimum atomic E-state index is -3.88. The van der Waals surface area contributed by atoms with E-state index in [9.17, 15) is 13.2 Å². The Balaban J connectivity index is 3.10. The van der Waals surface area contributed by atoms with E-state index in [1.165, 1.54) is 18.2 Å². The average molecular weight is 355 g/mol. The van der Waals surface area contributed by atoms with Gasteiger partial charge in [-0.15, -0.1) is 0 Å². The zero-order valence-corrected chi connectivity index (χ0v) is 13.1. The van der Waals surface area contributed by atoms with Gasteiger partial charge in [0.05, 0.1) is 4.90 Å². The Bertz CT molecular complexity index is 559. The zero-order valence-electron chi connectivity index (χ0n) is 9.91. The monoisotopic (exact) mass is 353 g/mol. The highest BCUT2D eigenvalue weighted by atomic mass is 79.9. The van der Waals surface area contributed by atoms with Crippen LogP contribution in [0.2, 0.25) is 0 Å². The molecule has 1 aromatic carbocycles. The molecule has 1 rings (SSSR count). The van der Waals surface area contributed by atoms with Crippen molar-refractivity contribution in [3.8, 4) is 0 Å². The van der Waals surface area contributed by atoms with Crippen molar-refractivity contribution in [1.82, 2.24) is 5.32 Å². The Kier molecular flexibility index (Phi) is 5.19. The van der Waals surface area contributed by atoms with E-state index in [0.717, 1.165) is 6.42 Å². The van der Waals surface area contributed by atoms with E-state index in [1.54, 1.807) is 0 Å².